The minimum atomic E-state index is -0.686. The lowest BCUT2D eigenvalue weighted by Gasteiger charge is -2.19. The van der Waals surface area contributed by atoms with Crippen LogP contribution < -0.4 is 15.0 Å². The van der Waals surface area contributed by atoms with Gasteiger partial charge in [0, 0.05) is 24.3 Å². The van der Waals surface area contributed by atoms with E-state index >= 15 is 0 Å². The maximum atomic E-state index is 12.7. The fraction of sp³-hybridized carbons (Fsp3) is 0.353. The van der Waals surface area contributed by atoms with Gasteiger partial charge in [0.1, 0.15) is 11.5 Å². The van der Waals surface area contributed by atoms with Crippen LogP contribution in [0.1, 0.15) is 57.0 Å². The summed E-state index contributed by atoms with van der Waals surface area (Å²) in [6, 6.07) is 21.3. The molecule has 0 unspecified atom stereocenters. The lowest BCUT2D eigenvalue weighted by Crippen LogP contribution is -2.28. The molecule has 43 heavy (non-hydrogen) atoms. The number of esters is 2. The van der Waals surface area contributed by atoms with Crippen molar-refractivity contribution >= 4 is 35.1 Å². The van der Waals surface area contributed by atoms with E-state index in [4.69, 9.17) is 14.2 Å². The van der Waals surface area contributed by atoms with Crippen molar-refractivity contribution in [3.05, 3.63) is 83.9 Å². The second-order valence-corrected chi connectivity index (χ2v) is 12.0. The van der Waals surface area contributed by atoms with Gasteiger partial charge in [0.05, 0.1) is 18.1 Å². The summed E-state index contributed by atoms with van der Waals surface area (Å²) in [6.45, 7) is 10.3. The number of nitrogens with one attached hydrogen (secondary N) is 1. The highest BCUT2D eigenvalue weighted by atomic mass is 16.5. The number of carbonyl (C=O) groups excluding carboxylic acids is 4. The second kappa shape index (κ2) is 13.5. The van der Waals surface area contributed by atoms with E-state index in [0.29, 0.717) is 35.0 Å². The Morgan fingerprint density at radius 3 is 2.07 bits per heavy atom. The summed E-state index contributed by atoms with van der Waals surface area (Å²) >= 11 is 0. The van der Waals surface area contributed by atoms with E-state index in [1.807, 2.05) is 38.1 Å². The normalized spacial score (nSPS) is 14.9. The van der Waals surface area contributed by atoms with E-state index in [2.05, 4.69) is 26.1 Å². The molecular weight excluding hydrogens is 548 g/mol. The van der Waals surface area contributed by atoms with Gasteiger partial charge in [-0.1, -0.05) is 46.8 Å². The van der Waals surface area contributed by atoms with E-state index in [1.165, 1.54) is 10.5 Å². The van der Waals surface area contributed by atoms with Crippen molar-refractivity contribution in [3.63, 3.8) is 0 Å². The Morgan fingerprint density at radius 1 is 0.884 bits per heavy atom. The molecule has 9 heteroatoms. The first-order chi connectivity index (χ1) is 20.4. The average molecular weight is 587 g/mol. The number of nitrogens with zero attached hydrogens (tertiary/aromatic N) is 1. The van der Waals surface area contributed by atoms with Crippen molar-refractivity contribution in [3.8, 4) is 11.5 Å². The molecule has 1 atom stereocenters. The van der Waals surface area contributed by atoms with E-state index in [0.717, 1.165) is 0 Å². The average Bonchev–Trinajstić information content (AvgIpc) is 3.36. The largest absolute Gasteiger partial charge is 0.462 e. The Bertz CT molecular complexity index is 1440. The number of rotatable bonds is 10. The molecule has 0 bridgehead atoms. The van der Waals surface area contributed by atoms with Gasteiger partial charge in [-0.05, 0) is 77.6 Å². The molecule has 1 aliphatic heterocycles. The van der Waals surface area contributed by atoms with Crippen molar-refractivity contribution in [2.45, 2.75) is 46.5 Å². The summed E-state index contributed by atoms with van der Waals surface area (Å²) in [5, 5.41) is 2.62. The highest BCUT2D eigenvalue weighted by Crippen LogP contribution is 2.30. The van der Waals surface area contributed by atoms with Gasteiger partial charge in [-0.15, -0.1) is 0 Å². The molecule has 1 saturated heterocycles. The molecule has 3 aromatic carbocycles. The number of carbonyl (C=O) groups is 4. The maximum Gasteiger partial charge on any atom is 0.338 e. The third-order valence-corrected chi connectivity index (χ3v) is 6.86. The molecule has 0 saturated carbocycles. The molecule has 9 nitrogen and oxygen atoms in total. The molecule has 226 valence electrons. The molecule has 0 aromatic heterocycles. The Hall–Kier alpha value is -4.66. The van der Waals surface area contributed by atoms with Crippen molar-refractivity contribution in [2.24, 2.45) is 11.8 Å². The predicted molar refractivity (Wildman–Crippen MR) is 163 cm³/mol. The lowest BCUT2D eigenvalue weighted by atomic mass is 9.87. The number of ether oxygens (including phenoxy) is 3. The topological polar surface area (TPSA) is 111 Å². The molecule has 1 heterocycles. The minimum absolute atomic E-state index is 0.00675. The van der Waals surface area contributed by atoms with Crippen molar-refractivity contribution in [2.75, 3.05) is 30.0 Å². The summed E-state index contributed by atoms with van der Waals surface area (Å²) in [4.78, 5) is 51.2. The summed E-state index contributed by atoms with van der Waals surface area (Å²) in [5.74, 6) is -0.915. The standard InChI is InChI=1S/C34H38N2O7/c1-22(2)20-41-32(39)23-6-10-26(11-7-23)35-30(37)21-42-33(40)24-18-31(38)36(19-24)27-12-16-29(17-13-27)43-28-14-8-25(9-15-28)34(3,4)5/h6-17,22,24H,18-21H2,1-5H3,(H,35,37)/t24-/m0/s1. The van der Waals surface area contributed by atoms with Gasteiger partial charge in [0.2, 0.25) is 5.91 Å². The Morgan fingerprint density at radius 2 is 1.49 bits per heavy atom. The maximum absolute atomic E-state index is 12.7. The second-order valence-electron chi connectivity index (χ2n) is 12.0. The first kappa shape index (κ1) is 31.3. The lowest BCUT2D eigenvalue weighted by molar-refractivity contribution is -0.151. The Kier molecular flexibility index (Phi) is 9.85. The third-order valence-electron chi connectivity index (χ3n) is 6.86. The van der Waals surface area contributed by atoms with Crippen LogP contribution in [0, 0.1) is 11.8 Å². The Labute approximate surface area is 252 Å². The zero-order chi connectivity index (χ0) is 31.1. The van der Waals surface area contributed by atoms with Crippen LogP contribution in [0.4, 0.5) is 11.4 Å². The molecular formula is C34H38N2O7. The summed E-state index contributed by atoms with van der Waals surface area (Å²) in [7, 11) is 0. The molecule has 2 amide bonds. The van der Waals surface area contributed by atoms with Crippen LogP contribution in [0.25, 0.3) is 0 Å². The molecule has 3 aromatic rings. The molecule has 1 fully saturated rings. The van der Waals surface area contributed by atoms with Gasteiger partial charge in [0.15, 0.2) is 6.61 Å². The van der Waals surface area contributed by atoms with Gasteiger partial charge >= 0.3 is 11.9 Å². The molecule has 0 spiro atoms. The van der Waals surface area contributed by atoms with Gasteiger partial charge in [0.25, 0.3) is 5.91 Å². The van der Waals surface area contributed by atoms with Crippen LogP contribution in [-0.4, -0.2) is 43.5 Å². The SMILES string of the molecule is CC(C)COC(=O)c1ccc(NC(=O)COC(=O)[C@H]2CC(=O)N(c3ccc(Oc4ccc(C(C)(C)C)cc4)cc3)C2)cc1. The summed E-state index contributed by atoms with van der Waals surface area (Å²) < 4.78 is 16.3. The van der Waals surface area contributed by atoms with Gasteiger partial charge in [-0.25, -0.2) is 4.79 Å². The van der Waals surface area contributed by atoms with Crippen molar-refractivity contribution < 1.29 is 33.4 Å². The van der Waals surface area contributed by atoms with E-state index in [1.54, 1.807) is 48.5 Å². The van der Waals surface area contributed by atoms with Crippen LogP contribution >= 0.6 is 0 Å². The summed E-state index contributed by atoms with van der Waals surface area (Å²) in [6.07, 6.45) is -0.00675. The summed E-state index contributed by atoms with van der Waals surface area (Å²) in [5.41, 5.74) is 2.72. The molecule has 1 N–H and O–H groups in total. The van der Waals surface area contributed by atoms with Crippen LogP contribution in [0.2, 0.25) is 0 Å². The molecule has 4 rings (SSSR count). The number of amides is 2. The van der Waals surface area contributed by atoms with Crippen LogP contribution in [0.15, 0.2) is 72.8 Å². The van der Waals surface area contributed by atoms with Gasteiger partial charge < -0.3 is 24.4 Å². The van der Waals surface area contributed by atoms with Crippen molar-refractivity contribution in [1.82, 2.24) is 0 Å². The number of anilines is 2. The highest BCUT2D eigenvalue weighted by molar-refractivity contribution is 6.00. The first-order valence-corrected chi connectivity index (χ1v) is 14.3. The fourth-order valence-corrected chi connectivity index (χ4v) is 4.44. The predicted octanol–water partition coefficient (Wildman–Crippen LogP) is 6.12. The van der Waals surface area contributed by atoms with Gasteiger partial charge in [-0.3, -0.25) is 14.4 Å². The quantitative estimate of drug-likeness (QED) is 0.285. The van der Waals surface area contributed by atoms with E-state index < -0.39 is 30.4 Å². The highest BCUT2D eigenvalue weighted by Gasteiger charge is 2.36. The third kappa shape index (κ3) is 8.67. The van der Waals surface area contributed by atoms with Crippen LogP contribution in [0.5, 0.6) is 11.5 Å². The zero-order valence-corrected chi connectivity index (χ0v) is 25.2. The molecule has 0 aliphatic carbocycles. The number of benzene rings is 3. The Balaban J connectivity index is 1.24. The van der Waals surface area contributed by atoms with E-state index in [9.17, 15) is 19.2 Å². The smallest absolute Gasteiger partial charge is 0.338 e. The zero-order valence-electron chi connectivity index (χ0n) is 25.2. The minimum Gasteiger partial charge on any atom is -0.462 e. The van der Waals surface area contributed by atoms with Crippen molar-refractivity contribution in [1.29, 1.82) is 0 Å². The van der Waals surface area contributed by atoms with Gasteiger partial charge in [-0.2, -0.15) is 0 Å². The molecule has 1 aliphatic rings. The number of hydrogen-bond acceptors (Lipinski definition) is 7. The number of hydrogen-bond donors (Lipinski definition) is 1. The fourth-order valence-electron chi connectivity index (χ4n) is 4.44. The van der Waals surface area contributed by atoms with Crippen LogP contribution in [0.3, 0.4) is 0 Å². The molecule has 0 radical (unpaired) electrons. The van der Waals surface area contributed by atoms with E-state index in [-0.39, 0.29) is 30.2 Å². The first-order valence-electron chi connectivity index (χ1n) is 14.3. The van der Waals surface area contributed by atoms with Crippen LogP contribution in [-0.2, 0) is 29.3 Å². The monoisotopic (exact) mass is 586 g/mol.